The van der Waals surface area contributed by atoms with E-state index in [4.69, 9.17) is 0 Å². The lowest BCUT2D eigenvalue weighted by Gasteiger charge is -2.34. The van der Waals surface area contributed by atoms with Crippen LogP contribution >= 0.6 is 0 Å². The van der Waals surface area contributed by atoms with E-state index in [1.165, 1.54) is 51.4 Å². The molecule has 0 unspecified atom stereocenters. The molecule has 0 aliphatic heterocycles. The highest BCUT2D eigenvalue weighted by Gasteiger charge is 2.46. The van der Waals surface area contributed by atoms with E-state index in [2.05, 4.69) is 0 Å². The summed E-state index contributed by atoms with van der Waals surface area (Å²) in [4.78, 5) is 21.4. The number of hydrogen-bond acceptors (Lipinski definition) is 2. The normalized spacial score (nSPS) is 26.5. The van der Waals surface area contributed by atoms with E-state index in [0.29, 0.717) is 0 Å². The van der Waals surface area contributed by atoms with E-state index in [1.54, 1.807) is 0 Å². The monoisotopic (exact) mass is 256 g/mol. The molecule has 2 saturated carbocycles. The van der Waals surface area contributed by atoms with E-state index in [-0.39, 0.29) is 11.1 Å². The first-order valence-electron chi connectivity index (χ1n) is 7.66. The van der Waals surface area contributed by atoms with Crippen LogP contribution in [0.1, 0.15) is 77.0 Å². The van der Waals surface area contributed by atoms with Gasteiger partial charge >= 0.3 is 8.56 Å². The summed E-state index contributed by atoms with van der Waals surface area (Å²) in [5.74, 6) is 0. The molecule has 0 aromatic carbocycles. The van der Waals surface area contributed by atoms with Crippen LogP contribution in [-0.4, -0.2) is 18.2 Å². The van der Waals surface area contributed by atoms with Crippen molar-refractivity contribution in [2.45, 2.75) is 88.1 Å². The molecule has 0 heterocycles. The Hall–Kier alpha value is 0.137. The summed E-state index contributed by atoms with van der Waals surface area (Å²) in [5, 5.41) is 0. The van der Waals surface area contributed by atoms with Gasteiger partial charge in [-0.25, -0.2) is 0 Å². The van der Waals surface area contributed by atoms with Gasteiger partial charge in [-0.1, -0.05) is 51.4 Å². The fourth-order valence-corrected chi connectivity index (χ4v) is 6.92. The van der Waals surface area contributed by atoms with Gasteiger partial charge in [-0.05, 0) is 25.7 Å². The summed E-state index contributed by atoms with van der Waals surface area (Å²) in [7, 11) is -2.97. The zero-order valence-corrected chi connectivity index (χ0v) is 12.0. The molecule has 0 saturated heterocycles. The Morgan fingerprint density at radius 3 is 1.12 bits per heavy atom. The molecular formula is C14H28O2Si. The molecule has 100 valence electrons. The Morgan fingerprint density at radius 2 is 0.824 bits per heavy atom. The Balaban J connectivity index is 1.98. The first kappa shape index (κ1) is 13.6. The standard InChI is InChI=1S/C14H28O2Si/c15-17(16,13-9-5-1-2-6-10-13)14-11-7-3-4-8-12-14/h13-16H,1-12H2. The van der Waals surface area contributed by atoms with Gasteiger partial charge in [-0.3, -0.25) is 0 Å². The average Bonchev–Trinajstić information content (AvgIpc) is 2.74. The van der Waals surface area contributed by atoms with Crippen molar-refractivity contribution in [2.75, 3.05) is 0 Å². The minimum atomic E-state index is -2.97. The Bertz CT molecular complexity index is 192. The molecule has 2 N–H and O–H groups in total. The van der Waals surface area contributed by atoms with Gasteiger partial charge in [-0.2, -0.15) is 0 Å². The largest absolute Gasteiger partial charge is 0.410 e. The molecule has 2 rings (SSSR count). The second kappa shape index (κ2) is 6.35. The first-order valence-corrected chi connectivity index (χ1v) is 9.71. The van der Waals surface area contributed by atoms with Crippen molar-refractivity contribution in [1.29, 1.82) is 0 Å². The highest BCUT2D eigenvalue weighted by Crippen LogP contribution is 2.43. The predicted octanol–water partition coefficient (Wildman–Crippen LogP) is 3.86. The van der Waals surface area contributed by atoms with Gasteiger partial charge in [0.25, 0.3) is 0 Å². The van der Waals surface area contributed by atoms with Crippen LogP contribution in [0.4, 0.5) is 0 Å². The lowest BCUT2D eigenvalue weighted by molar-refractivity contribution is 0.298. The molecule has 2 fully saturated rings. The third-order valence-corrected chi connectivity index (χ3v) is 8.47. The molecule has 3 heteroatoms. The highest BCUT2D eigenvalue weighted by molar-refractivity contribution is 6.67. The Morgan fingerprint density at radius 1 is 0.529 bits per heavy atom. The molecule has 0 aromatic heterocycles. The number of rotatable bonds is 2. The minimum absolute atomic E-state index is 0.271. The van der Waals surface area contributed by atoms with Crippen LogP contribution in [0.5, 0.6) is 0 Å². The summed E-state index contributed by atoms with van der Waals surface area (Å²) in [6.45, 7) is 0. The van der Waals surface area contributed by atoms with Crippen molar-refractivity contribution >= 4 is 8.56 Å². The molecule has 0 bridgehead atoms. The summed E-state index contributed by atoms with van der Waals surface area (Å²) in [6, 6.07) is 0. The quantitative estimate of drug-likeness (QED) is 0.582. The van der Waals surface area contributed by atoms with E-state index < -0.39 is 8.56 Å². The van der Waals surface area contributed by atoms with Gasteiger partial charge in [-0.15, -0.1) is 0 Å². The molecule has 0 amide bonds. The van der Waals surface area contributed by atoms with Crippen molar-refractivity contribution in [1.82, 2.24) is 0 Å². The van der Waals surface area contributed by atoms with Crippen molar-refractivity contribution < 1.29 is 9.59 Å². The first-order chi connectivity index (χ1) is 8.21. The number of hydrogen-bond donors (Lipinski definition) is 2. The maximum Gasteiger partial charge on any atom is 0.339 e. The molecule has 2 nitrogen and oxygen atoms in total. The van der Waals surface area contributed by atoms with Crippen LogP contribution in [-0.2, 0) is 0 Å². The predicted molar refractivity (Wildman–Crippen MR) is 73.1 cm³/mol. The van der Waals surface area contributed by atoms with Crippen LogP contribution in [0.25, 0.3) is 0 Å². The average molecular weight is 256 g/mol. The van der Waals surface area contributed by atoms with E-state index in [0.717, 1.165) is 25.7 Å². The summed E-state index contributed by atoms with van der Waals surface area (Å²) >= 11 is 0. The van der Waals surface area contributed by atoms with Crippen LogP contribution in [0.15, 0.2) is 0 Å². The minimum Gasteiger partial charge on any atom is -0.410 e. The smallest absolute Gasteiger partial charge is 0.339 e. The van der Waals surface area contributed by atoms with Crippen LogP contribution < -0.4 is 0 Å². The summed E-state index contributed by atoms with van der Waals surface area (Å²) < 4.78 is 0. The zero-order valence-electron chi connectivity index (χ0n) is 11.0. The zero-order chi connectivity index (χ0) is 12.1. The van der Waals surface area contributed by atoms with Crippen molar-refractivity contribution in [2.24, 2.45) is 0 Å². The molecule has 2 aliphatic carbocycles. The van der Waals surface area contributed by atoms with Crippen LogP contribution in [0, 0.1) is 0 Å². The Kier molecular flexibility index (Phi) is 5.06. The van der Waals surface area contributed by atoms with Crippen molar-refractivity contribution in [3.63, 3.8) is 0 Å². The molecule has 0 atom stereocenters. The third-order valence-electron chi connectivity index (χ3n) is 4.91. The van der Waals surface area contributed by atoms with Gasteiger partial charge < -0.3 is 9.59 Å². The van der Waals surface area contributed by atoms with Gasteiger partial charge in [0.15, 0.2) is 0 Å². The molecule has 0 aromatic rings. The van der Waals surface area contributed by atoms with E-state index in [9.17, 15) is 9.59 Å². The fourth-order valence-electron chi connectivity index (χ4n) is 3.74. The van der Waals surface area contributed by atoms with Crippen LogP contribution in [0.3, 0.4) is 0 Å². The van der Waals surface area contributed by atoms with Gasteiger partial charge in [0.1, 0.15) is 0 Å². The summed E-state index contributed by atoms with van der Waals surface area (Å²) in [5.41, 5.74) is 0.543. The molecule has 0 spiro atoms. The maximum absolute atomic E-state index is 10.7. The maximum atomic E-state index is 10.7. The third kappa shape index (κ3) is 3.55. The topological polar surface area (TPSA) is 40.5 Å². The molecule has 0 radical (unpaired) electrons. The van der Waals surface area contributed by atoms with E-state index >= 15 is 0 Å². The van der Waals surface area contributed by atoms with Gasteiger partial charge in [0.2, 0.25) is 0 Å². The Labute approximate surface area is 107 Å². The highest BCUT2D eigenvalue weighted by atomic mass is 28.4. The van der Waals surface area contributed by atoms with Crippen molar-refractivity contribution in [3.8, 4) is 0 Å². The van der Waals surface area contributed by atoms with Gasteiger partial charge in [0, 0.05) is 11.1 Å². The molecule has 17 heavy (non-hydrogen) atoms. The van der Waals surface area contributed by atoms with E-state index in [1.807, 2.05) is 0 Å². The summed E-state index contributed by atoms with van der Waals surface area (Å²) in [6.07, 6.45) is 14.4. The molecular weight excluding hydrogens is 228 g/mol. The van der Waals surface area contributed by atoms with Crippen molar-refractivity contribution in [3.05, 3.63) is 0 Å². The van der Waals surface area contributed by atoms with Crippen LogP contribution in [0.2, 0.25) is 11.1 Å². The lowest BCUT2D eigenvalue weighted by Crippen LogP contribution is -2.45. The SMILES string of the molecule is O[Si](O)(C1CCCCCC1)C1CCCCCC1. The van der Waals surface area contributed by atoms with Gasteiger partial charge in [0.05, 0.1) is 0 Å². The molecule has 2 aliphatic rings. The second-order valence-corrected chi connectivity index (χ2v) is 9.36. The second-order valence-electron chi connectivity index (χ2n) is 6.16. The lowest BCUT2D eigenvalue weighted by atomic mass is 10.2. The fraction of sp³-hybridized carbons (Fsp3) is 1.00.